The number of aromatic nitrogens is 4. The van der Waals surface area contributed by atoms with Crippen molar-refractivity contribution in [1.29, 1.82) is 0 Å². The minimum Gasteiger partial charge on any atom is -0.326 e. The molecule has 7 nitrogen and oxygen atoms in total. The smallest absolute Gasteiger partial charge is 0.257 e. The van der Waals surface area contributed by atoms with E-state index >= 15 is 0 Å². The van der Waals surface area contributed by atoms with E-state index in [1.165, 1.54) is 11.3 Å². The lowest BCUT2D eigenvalue weighted by molar-refractivity contribution is -0.116. The normalized spacial score (nSPS) is 16.7. The Bertz CT molecular complexity index is 1440. The van der Waals surface area contributed by atoms with Crippen molar-refractivity contribution in [2.75, 3.05) is 11.1 Å². The third-order valence-electron chi connectivity index (χ3n) is 6.22. The van der Waals surface area contributed by atoms with Gasteiger partial charge in [0.05, 0.1) is 11.7 Å². The van der Waals surface area contributed by atoms with Crippen LogP contribution in [0.15, 0.2) is 46.5 Å². The van der Waals surface area contributed by atoms with E-state index < -0.39 is 0 Å². The van der Waals surface area contributed by atoms with E-state index in [-0.39, 0.29) is 23.9 Å². The van der Waals surface area contributed by atoms with Crippen LogP contribution in [-0.4, -0.2) is 31.2 Å². The fourth-order valence-corrected chi connectivity index (χ4v) is 6.56. The molecule has 1 unspecified atom stereocenters. The molecule has 4 aromatic rings. The summed E-state index contributed by atoms with van der Waals surface area (Å²) in [5, 5.41) is 4.68. The molecule has 166 valence electrons. The van der Waals surface area contributed by atoms with Gasteiger partial charge in [0.25, 0.3) is 5.56 Å². The maximum absolute atomic E-state index is 13.0. The summed E-state index contributed by atoms with van der Waals surface area (Å²) in [6.45, 7) is 1.97. The molecule has 1 amide bonds. The molecule has 3 aromatic heterocycles. The second-order valence-corrected chi connectivity index (χ2v) is 10.4. The number of thioether (sulfide) groups is 1. The molecule has 6 rings (SSSR count). The highest BCUT2D eigenvalue weighted by Gasteiger charge is 2.31. The van der Waals surface area contributed by atoms with E-state index in [0.717, 1.165) is 67.8 Å². The summed E-state index contributed by atoms with van der Waals surface area (Å²) in [5.74, 6) is 0.586. The number of hydrogen-bond acceptors (Lipinski definition) is 7. The van der Waals surface area contributed by atoms with Crippen LogP contribution in [0.1, 0.15) is 35.7 Å². The van der Waals surface area contributed by atoms with Crippen LogP contribution < -0.4 is 10.9 Å². The molecule has 1 aromatic carbocycles. The molecule has 0 fully saturated rings. The minimum atomic E-state index is -0.172. The Morgan fingerprint density at radius 2 is 2.15 bits per heavy atom. The number of rotatable bonds is 4. The molecule has 0 saturated heterocycles. The Morgan fingerprint density at radius 3 is 3.03 bits per heavy atom. The van der Waals surface area contributed by atoms with Gasteiger partial charge in [-0.05, 0) is 49.9 Å². The van der Waals surface area contributed by atoms with Crippen LogP contribution in [0, 0.1) is 6.92 Å². The van der Waals surface area contributed by atoms with E-state index in [1.807, 2.05) is 37.3 Å². The summed E-state index contributed by atoms with van der Waals surface area (Å²) < 4.78 is 1.74. The number of anilines is 1. The average molecular weight is 476 g/mol. The number of amides is 1. The van der Waals surface area contributed by atoms with Gasteiger partial charge in [0.1, 0.15) is 15.4 Å². The molecule has 1 atom stereocenters. The molecule has 4 heterocycles. The van der Waals surface area contributed by atoms with Gasteiger partial charge in [0.2, 0.25) is 5.91 Å². The van der Waals surface area contributed by atoms with Crippen molar-refractivity contribution in [3.05, 3.63) is 63.7 Å². The molecule has 0 bridgehead atoms. The monoisotopic (exact) mass is 475 g/mol. The molecular weight excluding hydrogens is 454 g/mol. The first-order chi connectivity index (χ1) is 16.1. The summed E-state index contributed by atoms with van der Waals surface area (Å²) in [7, 11) is 0. The number of benzene rings is 1. The number of thiazole rings is 1. The third-order valence-corrected chi connectivity index (χ3v) is 8.34. The van der Waals surface area contributed by atoms with Crippen molar-refractivity contribution < 1.29 is 4.79 Å². The number of fused-ring (bicyclic) bond motifs is 3. The molecule has 0 spiro atoms. The van der Waals surface area contributed by atoms with Gasteiger partial charge in [0, 0.05) is 35.2 Å². The number of nitrogens with zero attached hydrogens (tertiary/aromatic N) is 4. The number of pyridine rings is 1. The first-order valence-electron chi connectivity index (χ1n) is 11.0. The van der Waals surface area contributed by atoms with Crippen LogP contribution in [0.2, 0.25) is 0 Å². The molecule has 9 heteroatoms. The van der Waals surface area contributed by atoms with Crippen molar-refractivity contribution in [2.45, 2.75) is 43.8 Å². The van der Waals surface area contributed by atoms with Gasteiger partial charge in [-0.2, -0.15) is 0 Å². The molecule has 1 aliphatic heterocycles. The van der Waals surface area contributed by atoms with E-state index in [0.29, 0.717) is 5.75 Å². The zero-order chi connectivity index (χ0) is 22.5. The lowest BCUT2D eigenvalue weighted by Gasteiger charge is -2.15. The molecular formula is C24H21N5O2S2. The van der Waals surface area contributed by atoms with Crippen LogP contribution in [0.4, 0.5) is 5.69 Å². The van der Waals surface area contributed by atoms with Crippen molar-refractivity contribution in [3.8, 4) is 10.6 Å². The van der Waals surface area contributed by atoms with Gasteiger partial charge in [-0.25, -0.2) is 15.0 Å². The molecule has 0 saturated carbocycles. The molecule has 1 N–H and O–H groups in total. The standard InChI is InChI=1S/C24H21N5O2S2/c1-13-7-8-14(21-27-18-6-3-9-25-22(18)33-21)10-19(13)26-20(30)11-15-12-32-24-28-17-5-2-4-16(17)23(31)29(15)24/h3,6-10,15H,2,4-5,11-12H2,1H3,(H,26,30). The zero-order valence-corrected chi connectivity index (χ0v) is 19.6. The van der Waals surface area contributed by atoms with Crippen molar-refractivity contribution >= 4 is 45.0 Å². The van der Waals surface area contributed by atoms with E-state index in [9.17, 15) is 9.59 Å². The summed E-state index contributed by atoms with van der Waals surface area (Å²) in [6.07, 6.45) is 4.66. The zero-order valence-electron chi connectivity index (χ0n) is 18.0. The van der Waals surface area contributed by atoms with Crippen LogP contribution >= 0.6 is 23.1 Å². The fourth-order valence-electron chi connectivity index (χ4n) is 4.50. The minimum absolute atomic E-state index is 0.0397. The van der Waals surface area contributed by atoms with Crippen molar-refractivity contribution in [3.63, 3.8) is 0 Å². The fraction of sp³-hybridized carbons (Fsp3) is 0.292. The lowest BCUT2D eigenvalue weighted by atomic mass is 10.1. The second-order valence-electron chi connectivity index (χ2n) is 8.44. The predicted molar refractivity (Wildman–Crippen MR) is 131 cm³/mol. The first kappa shape index (κ1) is 20.6. The quantitative estimate of drug-likeness (QED) is 0.441. The molecule has 0 radical (unpaired) electrons. The van der Waals surface area contributed by atoms with Crippen molar-refractivity contribution in [1.82, 2.24) is 19.5 Å². The summed E-state index contributed by atoms with van der Waals surface area (Å²) in [6, 6.07) is 9.61. The maximum atomic E-state index is 13.0. The highest BCUT2D eigenvalue weighted by Crippen LogP contribution is 2.35. The molecule has 2 aliphatic rings. The van der Waals surface area contributed by atoms with Gasteiger partial charge < -0.3 is 5.32 Å². The Kier molecular flexibility index (Phi) is 5.03. The highest BCUT2D eigenvalue weighted by molar-refractivity contribution is 7.99. The van der Waals surface area contributed by atoms with Crippen LogP contribution in [-0.2, 0) is 17.6 Å². The van der Waals surface area contributed by atoms with Gasteiger partial charge in [-0.1, -0.05) is 35.2 Å². The Hall–Kier alpha value is -3.04. The largest absolute Gasteiger partial charge is 0.326 e. The van der Waals surface area contributed by atoms with Crippen LogP contribution in [0.25, 0.3) is 20.9 Å². The number of nitrogens with one attached hydrogen (secondary N) is 1. The van der Waals surface area contributed by atoms with E-state index in [1.54, 1.807) is 22.5 Å². The summed E-state index contributed by atoms with van der Waals surface area (Å²) >= 11 is 3.10. The topological polar surface area (TPSA) is 89.8 Å². The highest BCUT2D eigenvalue weighted by atomic mass is 32.2. The Labute approximate surface area is 198 Å². The van der Waals surface area contributed by atoms with Crippen LogP contribution in [0.3, 0.4) is 0 Å². The SMILES string of the molecule is Cc1ccc(-c2nc3cccnc3s2)cc1NC(=O)CC1CSc2nc3c(c(=O)n21)CCC3. The van der Waals surface area contributed by atoms with E-state index in [2.05, 4.69) is 15.3 Å². The Balaban J connectivity index is 1.23. The van der Waals surface area contributed by atoms with Gasteiger partial charge in [-0.15, -0.1) is 0 Å². The molecule has 1 aliphatic carbocycles. The number of carbonyl (C=O) groups is 1. The Morgan fingerprint density at radius 1 is 1.24 bits per heavy atom. The van der Waals surface area contributed by atoms with Gasteiger partial charge in [-0.3, -0.25) is 14.2 Å². The van der Waals surface area contributed by atoms with Gasteiger partial charge in [0.15, 0.2) is 5.16 Å². The lowest BCUT2D eigenvalue weighted by Crippen LogP contribution is -2.30. The number of hydrogen-bond donors (Lipinski definition) is 1. The average Bonchev–Trinajstić information content (AvgIpc) is 3.54. The second kappa shape index (κ2) is 8.07. The summed E-state index contributed by atoms with van der Waals surface area (Å²) in [5.41, 5.74) is 5.36. The van der Waals surface area contributed by atoms with Crippen molar-refractivity contribution in [2.24, 2.45) is 0 Å². The number of carbonyl (C=O) groups excluding carboxylic acids is 1. The first-order valence-corrected chi connectivity index (χ1v) is 12.8. The molecule has 33 heavy (non-hydrogen) atoms. The van der Waals surface area contributed by atoms with E-state index in [4.69, 9.17) is 4.98 Å². The predicted octanol–water partition coefficient (Wildman–Crippen LogP) is 4.39. The summed E-state index contributed by atoms with van der Waals surface area (Å²) in [4.78, 5) is 40.6. The third kappa shape index (κ3) is 3.65. The van der Waals surface area contributed by atoms with Crippen LogP contribution in [0.5, 0.6) is 0 Å². The maximum Gasteiger partial charge on any atom is 0.257 e. The van der Waals surface area contributed by atoms with Gasteiger partial charge >= 0.3 is 0 Å². The number of aryl methyl sites for hydroxylation is 2.